The zero-order chi connectivity index (χ0) is 14.8. The highest BCUT2D eigenvalue weighted by molar-refractivity contribution is 6.00. The first-order chi connectivity index (χ1) is 9.36. The van der Waals surface area contributed by atoms with Crippen molar-refractivity contribution in [3.8, 4) is 0 Å². The number of hydrogen-bond donors (Lipinski definition) is 1. The Labute approximate surface area is 122 Å². The molecule has 1 aliphatic heterocycles. The molecule has 1 heterocycles. The van der Waals surface area contributed by atoms with Crippen molar-refractivity contribution in [3.05, 3.63) is 29.8 Å². The van der Waals surface area contributed by atoms with Gasteiger partial charge in [-0.2, -0.15) is 0 Å². The van der Waals surface area contributed by atoms with E-state index in [0.29, 0.717) is 6.04 Å². The average Bonchev–Trinajstić information content (AvgIpc) is 2.40. The molecule has 20 heavy (non-hydrogen) atoms. The summed E-state index contributed by atoms with van der Waals surface area (Å²) in [5, 5.41) is 3.57. The van der Waals surface area contributed by atoms with Crippen LogP contribution in [0.4, 0.5) is 5.69 Å². The molecule has 1 N–H and O–H groups in total. The number of carbonyl (C=O) groups excluding carboxylic acids is 1. The van der Waals surface area contributed by atoms with E-state index in [-0.39, 0.29) is 11.2 Å². The van der Waals surface area contributed by atoms with Gasteiger partial charge < -0.3 is 10.2 Å². The summed E-state index contributed by atoms with van der Waals surface area (Å²) in [6, 6.07) is 8.47. The molecule has 1 saturated heterocycles. The molecular formula is C17H26N2O. The molecular weight excluding hydrogens is 248 g/mol. The first-order valence-corrected chi connectivity index (χ1v) is 7.46. The summed E-state index contributed by atoms with van der Waals surface area (Å²) >= 11 is 0. The number of anilines is 1. The number of likely N-dealkylation sites (tertiary alicyclic amines) is 1. The van der Waals surface area contributed by atoms with Crippen LogP contribution >= 0.6 is 0 Å². The minimum absolute atomic E-state index is 0.198. The highest BCUT2D eigenvalue weighted by Gasteiger charge is 2.22. The first-order valence-electron chi connectivity index (χ1n) is 7.46. The molecule has 0 amide bonds. The Morgan fingerprint density at radius 3 is 2.20 bits per heavy atom. The zero-order valence-electron chi connectivity index (χ0n) is 13.1. The fourth-order valence-corrected chi connectivity index (χ4v) is 2.54. The van der Waals surface area contributed by atoms with Crippen molar-refractivity contribution in [3.63, 3.8) is 0 Å². The lowest BCUT2D eigenvalue weighted by molar-refractivity contribution is 0.0858. The second-order valence-corrected chi connectivity index (χ2v) is 6.88. The van der Waals surface area contributed by atoms with Crippen molar-refractivity contribution < 1.29 is 4.79 Å². The fraction of sp³-hybridized carbons (Fsp3) is 0.588. The second-order valence-electron chi connectivity index (χ2n) is 6.88. The molecule has 1 aliphatic rings. The van der Waals surface area contributed by atoms with E-state index >= 15 is 0 Å². The van der Waals surface area contributed by atoms with E-state index in [4.69, 9.17) is 0 Å². The predicted octanol–water partition coefficient (Wildman–Crippen LogP) is 3.42. The Morgan fingerprint density at radius 1 is 1.15 bits per heavy atom. The topological polar surface area (TPSA) is 32.3 Å². The van der Waals surface area contributed by atoms with Crippen molar-refractivity contribution >= 4 is 11.5 Å². The summed E-state index contributed by atoms with van der Waals surface area (Å²) in [5.74, 6) is 0.198. The predicted molar refractivity (Wildman–Crippen MR) is 84.4 cm³/mol. The van der Waals surface area contributed by atoms with Crippen LogP contribution in [0.15, 0.2) is 24.3 Å². The van der Waals surface area contributed by atoms with Gasteiger partial charge in [0, 0.05) is 22.7 Å². The van der Waals surface area contributed by atoms with E-state index in [2.05, 4.69) is 17.3 Å². The van der Waals surface area contributed by atoms with Crippen molar-refractivity contribution in [2.24, 2.45) is 5.41 Å². The van der Waals surface area contributed by atoms with Crippen LogP contribution in [-0.2, 0) is 0 Å². The van der Waals surface area contributed by atoms with Crippen LogP contribution < -0.4 is 5.32 Å². The second kappa shape index (κ2) is 5.96. The van der Waals surface area contributed by atoms with Crippen LogP contribution in [0, 0.1) is 5.41 Å². The minimum atomic E-state index is -0.317. The summed E-state index contributed by atoms with van der Waals surface area (Å²) in [5.41, 5.74) is 1.60. The minimum Gasteiger partial charge on any atom is -0.382 e. The number of hydrogen-bond acceptors (Lipinski definition) is 3. The van der Waals surface area contributed by atoms with Gasteiger partial charge in [-0.1, -0.05) is 20.8 Å². The molecule has 1 aromatic carbocycles. The number of nitrogens with one attached hydrogen (secondary N) is 1. The largest absolute Gasteiger partial charge is 0.382 e. The number of rotatable bonds is 3. The Balaban J connectivity index is 1.97. The lowest BCUT2D eigenvalue weighted by Gasteiger charge is -2.30. The molecule has 0 unspecified atom stereocenters. The maximum atomic E-state index is 12.2. The molecule has 1 fully saturated rings. The van der Waals surface area contributed by atoms with Gasteiger partial charge in [-0.25, -0.2) is 0 Å². The van der Waals surface area contributed by atoms with E-state index in [1.807, 2.05) is 45.0 Å². The number of nitrogens with zero attached hydrogens (tertiary/aromatic N) is 1. The van der Waals surface area contributed by atoms with Gasteiger partial charge >= 0.3 is 0 Å². The first kappa shape index (κ1) is 15.0. The lowest BCUT2D eigenvalue weighted by Crippen LogP contribution is -2.36. The van der Waals surface area contributed by atoms with Crippen molar-refractivity contribution in [2.75, 3.05) is 25.5 Å². The Hall–Kier alpha value is -1.35. The molecule has 110 valence electrons. The smallest absolute Gasteiger partial charge is 0.168 e. The number of piperidine rings is 1. The molecule has 0 bridgehead atoms. The molecule has 3 heteroatoms. The summed E-state index contributed by atoms with van der Waals surface area (Å²) in [6.07, 6.45) is 2.36. The van der Waals surface area contributed by atoms with Crippen LogP contribution in [0.3, 0.4) is 0 Å². The van der Waals surface area contributed by atoms with Crippen molar-refractivity contribution in [1.29, 1.82) is 0 Å². The van der Waals surface area contributed by atoms with Crippen molar-refractivity contribution in [1.82, 2.24) is 4.90 Å². The number of Topliss-reactive ketones (excluding diaryl/α,β-unsaturated/α-hetero) is 1. The van der Waals surface area contributed by atoms with Gasteiger partial charge in [0.25, 0.3) is 0 Å². The van der Waals surface area contributed by atoms with Crippen LogP contribution in [0.5, 0.6) is 0 Å². The highest BCUT2D eigenvalue weighted by Crippen LogP contribution is 2.22. The quantitative estimate of drug-likeness (QED) is 0.857. The fourth-order valence-electron chi connectivity index (χ4n) is 2.54. The summed E-state index contributed by atoms with van der Waals surface area (Å²) in [6.45, 7) is 8.18. The summed E-state index contributed by atoms with van der Waals surface area (Å²) in [4.78, 5) is 14.5. The molecule has 3 nitrogen and oxygen atoms in total. The van der Waals surface area contributed by atoms with Crippen LogP contribution in [0.1, 0.15) is 44.0 Å². The molecule has 0 saturated carbocycles. The standard InChI is InChI=1S/C17H26N2O/c1-17(2,3)16(20)13-5-7-14(8-6-13)18-15-9-11-19(4)12-10-15/h5-8,15,18H,9-12H2,1-4H3. The summed E-state index contributed by atoms with van der Waals surface area (Å²) in [7, 11) is 2.17. The Bertz CT molecular complexity index is 451. The molecule has 0 aliphatic carbocycles. The van der Waals surface area contributed by atoms with Gasteiger partial charge in [-0.05, 0) is 57.2 Å². The van der Waals surface area contributed by atoms with Gasteiger partial charge in [0.1, 0.15) is 0 Å². The molecule has 0 radical (unpaired) electrons. The van der Waals surface area contributed by atoms with Gasteiger partial charge in [0.05, 0.1) is 0 Å². The number of benzene rings is 1. The Kier molecular flexibility index (Phi) is 4.48. The SMILES string of the molecule is CN1CCC(Nc2ccc(C(=O)C(C)(C)C)cc2)CC1. The third-order valence-corrected chi connectivity index (χ3v) is 3.92. The molecule has 0 aromatic heterocycles. The van der Waals surface area contributed by atoms with E-state index < -0.39 is 0 Å². The van der Waals surface area contributed by atoms with Gasteiger partial charge in [0.15, 0.2) is 5.78 Å². The highest BCUT2D eigenvalue weighted by atomic mass is 16.1. The third-order valence-electron chi connectivity index (χ3n) is 3.92. The van der Waals surface area contributed by atoms with Gasteiger partial charge in [-0.3, -0.25) is 4.79 Å². The zero-order valence-corrected chi connectivity index (χ0v) is 13.1. The number of ketones is 1. The van der Waals surface area contributed by atoms with E-state index in [1.54, 1.807) is 0 Å². The average molecular weight is 274 g/mol. The summed E-state index contributed by atoms with van der Waals surface area (Å²) < 4.78 is 0. The maximum absolute atomic E-state index is 12.2. The van der Waals surface area contributed by atoms with E-state index in [9.17, 15) is 4.79 Å². The third kappa shape index (κ3) is 3.83. The van der Waals surface area contributed by atoms with Crippen LogP contribution in [0.2, 0.25) is 0 Å². The normalized spacial score (nSPS) is 18.0. The van der Waals surface area contributed by atoms with Gasteiger partial charge in [-0.15, -0.1) is 0 Å². The van der Waals surface area contributed by atoms with E-state index in [0.717, 1.165) is 24.3 Å². The van der Waals surface area contributed by atoms with E-state index in [1.165, 1.54) is 12.8 Å². The maximum Gasteiger partial charge on any atom is 0.168 e. The number of carbonyl (C=O) groups is 1. The molecule has 0 spiro atoms. The molecule has 1 aromatic rings. The van der Waals surface area contributed by atoms with Gasteiger partial charge in [0.2, 0.25) is 0 Å². The monoisotopic (exact) mass is 274 g/mol. The van der Waals surface area contributed by atoms with Crippen LogP contribution in [-0.4, -0.2) is 36.9 Å². The molecule has 0 atom stereocenters. The molecule has 2 rings (SSSR count). The van der Waals surface area contributed by atoms with Crippen LogP contribution in [0.25, 0.3) is 0 Å². The lowest BCUT2D eigenvalue weighted by atomic mass is 9.86. The van der Waals surface area contributed by atoms with Crippen molar-refractivity contribution in [2.45, 2.75) is 39.7 Å². The Morgan fingerprint density at radius 2 is 1.70 bits per heavy atom.